The molecule has 4 aromatic carbocycles. The van der Waals surface area contributed by atoms with E-state index in [1.54, 1.807) is 66.7 Å². The predicted molar refractivity (Wildman–Crippen MR) is 162 cm³/mol. The molecule has 42 heavy (non-hydrogen) atoms. The van der Waals surface area contributed by atoms with Gasteiger partial charge in [0, 0.05) is 40.0 Å². The molecule has 0 aromatic heterocycles. The van der Waals surface area contributed by atoms with Crippen molar-refractivity contribution >= 4 is 46.9 Å². The van der Waals surface area contributed by atoms with Crippen molar-refractivity contribution in [2.75, 3.05) is 30.6 Å². The first-order valence-electron chi connectivity index (χ1n) is 12.7. The molecule has 0 unspecified atom stereocenters. The summed E-state index contributed by atoms with van der Waals surface area (Å²) in [4.78, 5) is 39.4. The lowest BCUT2D eigenvalue weighted by Crippen LogP contribution is -2.30. The highest BCUT2D eigenvalue weighted by Crippen LogP contribution is 2.27. The van der Waals surface area contributed by atoms with Gasteiger partial charge in [-0.25, -0.2) is 4.39 Å². The van der Waals surface area contributed by atoms with Gasteiger partial charge < -0.3 is 25.4 Å². The molecule has 4 rings (SSSR count). The number of hydrogen-bond donors (Lipinski definition) is 3. The number of carbonyl (C=O) groups excluding carboxylic acids is 3. The largest absolute Gasteiger partial charge is 0.497 e. The topological polar surface area (TPSA) is 106 Å². The Morgan fingerprint density at radius 3 is 2.14 bits per heavy atom. The van der Waals surface area contributed by atoms with Gasteiger partial charge in [0.25, 0.3) is 11.8 Å². The van der Waals surface area contributed by atoms with E-state index in [1.807, 2.05) is 6.07 Å². The molecule has 3 amide bonds. The van der Waals surface area contributed by atoms with E-state index in [9.17, 15) is 18.8 Å². The molecule has 0 saturated heterocycles. The monoisotopic (exact) mass is 585 g/mol. The maximum absolute atomic E-state index is 13.4. The Morgan fingerprint density at radius 2 is 1.48 bits per heavy atom. The number of benzene rings is 4. The van der Waals surface area contributed by atoms with Crippen LogP contribution in [0.2, 0.25) is 0 Å². The summed E-state index contributed by atoms with van der Waals surface area (Å²) in [5.41, 5.74) is 1.87. The molecular formula is C32H28FN3O5S. The molecule has 10 heteroatoms. The Morgan fingerprint density at radius 1 is 0.786 bits per heavy atom. The normalized spacial score (nSPS) is 10.9. The summed E-state index contributed by atoms with van der Waals surface area (Å²) in [6.45, 7) is 0. The lowest BCUT2D eigenvalue weighted by Gasteiger charge is -2.12. The second-order valence-electron chi connectivity index (χ2n) is 8.85. The van der Waals surface area contributed by atoms with Crippen LogP contribution >= 0.6 is 11.8 Å². The van der Waals surface area contributed by atoms with E-state index < -0.39 is 17.6 Å². The third-order valence-corrected chi connectivity index (χ3v) is 6.80. The van der Waals surface area contributed by atoms with Crippen LogP contribution < -0.4 is 25.4 Å². The van der Waals surface area contributed by atoms with E-state index in [0.29, 0.717) is 34.0 Å². The van der Waals surface area contributed by atoms with Gasteiger partial charge in [0.15, 0.2) is 0 Å². The average Bonchev–Trinajstić information content (AvgIpc) is 3.01. The Bertz CT molecular complexity index is 1570. The summed E-state index contributed by atoms with van der Waals surface area (Å²) < 4.78 is 23.9. The van der Waals surface area contributed by atoms with Gasteiger partial charge in [-0.15, -0.1) is 11.8 Å². The van der Waals surface area contributed by atoms with Crippen LogP contribution in [-0.2, 0) is 9.59 Å². The molecule has 0 saturated carbocycles. The zero-order valence-corrected chi connectivity index (χ0v) is 23.7. The molecule has 0 aliphatic carbocycles. The van der Waals surface area contributed by atoms with Crippen molar-refractivity contribution in [3.05, 3.63) is 120 Å². The van der Waals surface area contributed by atoms with E-state index >= 15 is 0 Å². The maximum atomic E-state index is 13.4. The van der Waals surface area contributed by atoms with E-state index in [-0.39, 0.29) is 17.4 Å². The molecular weight excluding hydrogens is 557 g/mol. The number of hydrogen-bond acceptors (Lipinski definition) is 6. The van der Waals surface area contributed by atoms with Gasteiger partial charge in [-0.1, -0.05) is 36.4 Å². The van der Waals surface area contributed by atoms with Gasteiger partial charge >= 0.3 is 0 Å². The van der Waals surface area contributed by atoms with Crippen LogP contribution in [0.4, 0.5) is 15.8 Å². The summed E-state index contributed by atoms with van der Waals surface area (Å²) in [5.74, 6) is -0.490. The van der Waals surface area contributed by atoms with Gasteiger partial charge in [-0.2, -0.15) is 0 Å². The molecule has 0 aliphatic rings. The van der Waals surface area contributed by atoms with Gasteiger partial charge in [-0.3, -0.25) is 14.4 Å². The molecule has 0 atom stereocenters. The minimum atomic E-state index is -0.574. The van der Waals surface area contributed by atoms with Crippen molar-refractivity contribution in [2.45, 2.75) is 4.90 Å². The van der Waals surface area contributed by atoms with Crippen LogP contribution in [0.25, 0.3) is 6.08 Å². The van der Waals surface area contributed by atoms with E-state index in [4.69, 9.17) is 9.47 Å². The van der Waals surface area contributed by atoms with Gasteiger partial charge in [0.1, 0.15) is 23.0 Å². The smallest absolute Gasteiger partial charge is 0.272 e. The summed E-state index contributed by atoms with van der Waals surface area (Å²) in [5, 5.41) is 8.26. The fourth-order valence-electron chi connectivity index (χ4n) is 3.76. The minimum Gasteiger partial charge on any atom is -0.497 e. The number of thioether (sulfide) groups is 1. The summed E-state index contributed by atoms with van der Waals surface area (Å²) in [7, 11) is 3.06. The molecule has 0 bridgehead atoms. The van der Waals surface area contributed by atoms with Gasteiger partial charge in [0.2, 0.25) is 5.91 Å². The second kappa shape index (κ2) is 14.5. The fourth-order valence-corrected chi connectivity index (χ4v) is 4.51. The first-order valence-corrected chi connectivity index (χ1v) is 13.7. The number of carbonyl (C=O) groups is 3. The van der Waals surface area contributed by atoms with Crippen molar-refractivity contribution in [2.24, 2.45) is 0 Å². The molecule has 0 aliphatic heterocycles. The maximum Gasteiger partial charge on any atom is 0.272 e. The molecule has 214 valence electrons. The SMILES string of the molecule is COc1cc(NC(=O)CSc2cccc(NC(=O)/C(=C/c3ccc(F)cc3)NC(=O)c3ccccc3)c2)cc(OC)c1. The van der Waals surface area contributed by atoms with Crippen molar-refractivity contribution in [3.63, 3.8) is 0 Å². The molecule has 8 nitrogen and oxygen atoms in total. The van der Waals surface area contributed by atoms with Crippen LogP contribution in [0.1, 0.15) is 15.9 Å². The first-order chi connectivity index (χ1) is 20.3. The summed E-state index contributed by atoms with van der Waals surface area (Å²) >= 11 is 1.28. The number of anilines is 2. The van der Waals surface area contributed by atoms with Crippen LogP contribution in [0.3, 0.4) is 0 Å². The quantitative estimate of drug-likeness (QED) is 0.148. The Kier molecular flexibility index (Phi) is 10.3. The van der Waals surface area contributed by atoms with Crippen molar-refractivity contribution < 1.29 is 28.2 Å². The standard InChI is InChI=1S/C32H28FN3O5S/c1-40-26-16-25(17-27(19-26)41-2)34-30(37)20-42-28-10-6-9-24(18-28)35-32(39)29(15-21-11-13-23(33)14-12-21)36-31(38)22-7-4-3-5-8-22/h3-19H,20H2,1-2H3,(H,34,37)(H,35,39)(H,36,38)/b29-15-. The number of ether oxygens (including phenoxy) is 2. The van der Waals surface area contributed by atoms with Gasteiger partial charge in [0.05, 0.1) is 20.0 Å². The predicted octanol–water partition coefficient (Wildman–Crippen LogP) is 5.98. The van der Waals surface area contributed by atoms with Crippen LogP contribution in [0, 0.1) is 5.82 Å². The minimum absolute atomic E-state index is 0.0263. The van der Waals surface area contributed by atoms with Crippen LogP contribution in [0.15, 0.2) is 108 Å². The Hall–Kier alpha value is -5.09. The highest BCUT2D eigenvalue weighted by molar-refractivity contribution is 8.00. The number of amides is 3. The first kappa shape index (κ1) is 29.9. The summed E-state index contributed by atoms with van der Waals surface area (Å²) in [6.07, 6.45) is 1.46. The molecule has 4 aromatic rings. The molecule has 0 heterocycles. The zero-order chi connectivity index (χ0) is 29.9. The number of halogens is 1. The van der Waals surface area contributed by atoms with E-state index in [0.717, 1.165) is 4.90 Å². The van der Waals surface area contributed by atoms with Crippen molar-refractivity contribution in [1.29, 1.82) is 0 Å². The Labute approximate surface area is 246 Å². The number of rotatable bonds is 11. The van der Waals surface area contributed by atoms with Crippen molar-refractivity contribution in [3.8, 4) is 11.5 Å². The lowest BCUT2D eigenvalue weighted by atomic mass is 10.1. The van der Waals surface area contributed by atoms with Crippen molar-refractivity contribution in [1.82, 2.24) is 5.32 Å². The molecule has 0 radical (unpaired) electrons. The highest BCUT2D eigenvalue weighted by Gasteiger charge is 2.16. The highest BCUT2D eigenvalue weighted by atomic mass is 32.2. The fraction of sp³-hybridized carbons (Fsp3) is 0.0938. The number of methoxy groups -OCH3 is 2. The second-order valence-corrected chi connectivity index (χ2v) is 9.90. The van der Waals surface area contributed by atoms with Crippen LogP contribution in [0.5, 0.6) is 11.5 Å². The lowest BCUT2D eigenvalue weighted by molar-refractivity contribution is -0.114. The molecule has 0 fully saturated rings. The van der Waals surface area contributed by atoms with E-state index in [2.05, 4.69) is 16.0 Å². The Balaban J connectivity index is 1.43. The third kappa shape index (κ3) is 8.70. The van der Waals surface area contributed by atoms with E-state index in [1.165, 1.54) is 56.3 Å². The zero-order valence-electron chi connectivity index (χ0n) is 22.8. The average molecular weight is 586 g/mol. The molecule has 0 spiro atoms. The molecule has 3 N–H and O–H groups in total. The number of nitrogens with one attached hydrogen (secondary N) is 3. The van der Waals surface area contributed by atoms with Gasteiger partial charge in [-0.05, 0) is 54.1 Å². The summed E-state index contributed by atoms with van der Waals surface area (Å²) in [6, 6.07) is 26.1. The van der Waals surface area contributed by atoms with Crippen LogP contribution in [-0.4, -0.2) is 37.7 Å². The third-order valence-electron chi connectivity index (χ3n) is 5.81.